The summed E-state index contributed by atoms with van der Waals surface area (Å²) in [4.78, 5) is 26.3. The molecular weight excluding hydrogens is 736 g/mol. The second-order valence-corrected chi connectivity index (χ2v) is 16.4. The number of hydrogen-bond donors (Lipinski definition) is 6. The molecule has 0 aromatic rings. The molecular formula is C44H82O13. The average molecular weight is 819 g/mol. The van der Waals surface area contributed by atoms with Gasteiger partial charge in [-0.25, -0.2) is 0 Å². The van der Waals surface area contributed by atoms with Gasteiger partial charge >= 0.3 is 11.9 Å². The third-order valence-electron chi connectivity index (χ3n) is 11.4. The number of carbonyl (C=O) groups excluding carboxylic acids is 2. The van der Waals surface area contributed by atoms with Crippen LogP contribution in [-0.4, -0.2) is 117 Å². The minimum atomic E-state index is -1.80. The summed E-state index contributed by atoms with van der Waals surface area (Å²) in [6, 6.07) is 0. The maximum Gasteiger partial charge on any atom is 0.306 e. The van der Waals surface area contributed by atoms with Crippen molar-refractivity contribution >= 4 is 11.9 Å². The molecule has 2 rings (SSSR count). The highest BCUT2D eigenvalue weighted by atomic mass is 16.8. The van der Waals surface area contributed by atoms with Crippen LogP contribution >= 0.6 is 0 Å². The molecule has 0 amide bonds. The van der Waals surface area contributed by atoms with Gasteiger partial charge < -0.3 is 54.3 Å². The molecule has 6 N–H and O–H groups in total. The van der Waals surface area contributed by atoms with E-state index in [1.165, 1.54) is 109 Å². The molecule has 57 heavy (non-hydrogen) atoms. The van der Waals surface area contributed by atoms with Crippen molar-refractivity contribution in [1.82, 2.24) is 0 Å². The highest BCUT2D eigenvalue weighted by Gasteiger charge is 2.53. The number of carbonyl (C=O) groups is 2. The first-order valence-electron chi connectivity index (χ1n) is 23.0. The van der Waals surface area contributed by atoms with Crippen molar-refractivity contribution in [3.05, 3.63) is 0 Å². The zero-order chi connectivity index (χ0) is 41.7. The highest BCUT2D eigenvalue weighted by molar-refractivity contribution is 5.70. The van der Waals surface area contributed by atoms with E-state index in [4.69, 9.17) is 23.7 Å². The third-order valence-corrected chi connectivity index (χ3v) is 11.4. The Labute approximate surface area is 343 Å². The Morgan fingerprint density at radius 1 is 0.421 bits per heavy atom. The van der Waals surface area contributed by atoms with Crippen LogP contribution in [0.5, 0.6) is 0 Å². The third kappa shape index (κ3) is 21.1. The van der Waals surface area contributed by atoms with Crippen LogP contribution in [-0.2, 0) is 33.3 Å². The van der Waals surface area contributed by atoms with Gasteiger partial charge in [0.2, 0.25) is 6.29 Å². The lowest BCUT2D eigenvalue weighted by atomic mass is 9.97. The molecule has 0 saturated carbocycles. The average Bonchev–Trinajstić information content (AvgIpc) is 3.20. The molecule has 0 bridgehead atoms. The summed E-state index contributed by atoms with van der Waals surface area (Å²) in [6.45, 7) is 3.05. The van der Waals surface area contributed by atoms with Crippen molar-refractivity contribution in [1.29, 1.82) is 0 Å². The van der Waals surface area contributed by atoms with E-state index in [0.29, 0.717) is 12.8 Å². The summed E-state index contributed by atoms with van der Waals surface area (Å²) in [5, 5.41) is 62.1. The van der Waals surface area contributed by atoms with E-state index < -0.39 is 86.6 Å². The first-order chi connectivity index (χ1) is 27.7. The van der Waals surface area contributed by atoms with Crippen molar-refractivity contribution in [2.75, 3.05) is 13.2 Å². The van der Waals surface area contributed by atoms with Crippen LogP contribution in [0.3, 0.4) is 0 Å². The lowest BCUT2D eigenvalue weighted by Crippen LogP contribution is -2.65. The van der Waals surface area contributed by atoms with Gasteiger partial charge in [-0.3, -0.25) is 9.59 Å². The van der Waals surface area contributed by atoms with Gasteiger partial charge in [-0.05, 0) is 12.8 Å². The smallest absolute Gasteiger partial charge is 0.306 e. The summed E-state index contributed by atoms with van der Waals surface area (Å²) in [7, 11) is 0. The van der Waals surface area contributed by atoms with E-state index >= 15 is 0 Å². The molecule has 2 aliphatic heterocycles. The van der Waals surface area contributed by atoms with Crippen LogP contribution in [0, 0.1) is 0 Å². The molecule has 2 fully saturated rings. The molecule has 0 aromatic heterocycles. The number of rotatable bonds is 34. The van der Waals surface area contributed by atoms with Crippen molar-refractivity contribution in [3.63, 3.8) is 0 Å². The Hall–Kier alpha value is -1.42. The predicted octanol–water partition coefficient (Wildman–Crippen LogP) is 6.67. The van der Waals surface area contributed by atoms with Gasteiger partial charge in [-0.2, -0.15) is 0 Å². The number of hydrogen-bond acceptors (Lipinski definition) is 13. The van der Waals surface area contributed by atoms with Crippen LogP contribution < -0.4 is 0 Å². The molecule has 336 valence electrons. The lowest BCUT2D eigenvalue weighted by Gasteiger charge is -2.46. The van der Waals surface area contributed by atoms with Crippen LogP contribution in [0.1, 0.15) is 194 Å². The fourth-order valence-electron chi connectivity index (χ4n) is 7.72. The quantitative estimate of drug-likeness (QED) is 0.0297. The Kier molecular flexibility index (Phi) is 29.4. The van der Waals surface area contributed by atoms with Gasteiger partial charge in [0.25, 0.3) is 0 Å². The van der Waals surface area contributed by atoms with Gasteiger partial charge in [-0.15, -0.1) is 0 Å². The van der Waals surface area contributed by atoms with Gasteiger partial charge in [-0.1, -0.05) is 168 Å². The topological polar surface area (TPSA) is 202 Å². The van der Waals surface area contributed by atoms with Crippen molar-refractivity contribution in [3.8, 4) is 0 Å². The number of unbranched alkanes of at least 4 members (excludes halogenated alkanes) is 24. The summed E-state index contributed by atoms with van der Waals surface area (Å²) in [5.74, 6) is -1.26. The predicted molar refractivity (Wildman–Crippen MR) is 217 cm³/mol. The molecule has 0 spiro atoms. The van der Waals surface area contributed by atoms with Crippen LogP contribution in [0.4, 0.5) is 0 Å². The highest BCUT2D eigenvalue weighted by Crippen LogP contribution is 2.32. The summed E-state index contributed by atoms with van der Waals surface area (Å²) < 4.78 is 28.6. The van der Waals surface area contributed by atoms with Crippen molar-refractivity contribution in [2.45, 2.75) is 255 Å². The maximum atomic E-state index is 13.2. The Bertz CT molecular complexity index is 999. The molecule has 2 aliphatic rings. The summed E-state index contributed by atoms with van der Waals surface area (Å²) in [6.07, 6.45) is 14.3. The van der Waals surface area contributed by atoms with E-state index in [0.717, 1.165) is 44.9 Å². The fraction of sp³-hybridized carbons (Fsp3) is 0.955. The summed E-state index contributed by atoms with van der Waals surface area (Å²) >= 11 is 0. The fourth-order valence-corrected chi connectivity index (χ4v) is 7.72. The zero-order valence-electron chi connectivity index (χ0n) is 35.5. The first kappa shape index (κ1) is 51.7. The van der Waals surface area contributed by atoms with E-state index in [9.17, 15) is 40.2 Å². The first-order valence-corrected chi connectivity index (χ1v) is 23.0. The molecule has 2 heterocycles. The van der Waals surface area contributed by atoms with Gasteiger partial charge in [0.15, 0.2) is 18.5 Å². The van der Waals surface area contributed by atoms with E-state index in [1.807, 2.05) is 0 Å². The van der Waals surface area contributed by atoms with Crippen molar-refractivity contribution < 1.29 is 63.9 Å². The minimum absolute atomic E-state index is 0.0557. The second-order valence-electron chi connectivity index (χ2n) is 16.4. The second kappa shape index (κ2) is 32.4. The minimum Gasteiger partial charge on any atom is -0.455 e. The van der Waals surface area contributed by atoms with E-state index in [2.05, 4.69) is 13.8 Å². The lowest BCUT2D eigenvalue weighted by molar-refractivity contribution is -0.377. The van der Waals surface area contributed by atoms with Gasteiger partial charge in [0.1, 0.15) is 36.6 Å². The Balaban J connectivity index is 1.92. The van der Waals surface area contributed by atoms with Crippen LogP contribution in [0.15, 0.2) is 0 Å². The Morgan fingerprint density at radius 3 is 1.14 bits per heavy atom. The van der Waals surface area contributed by atoms with Gasteiger partial charge in [0.05, 0.1) is 13.2 Å². The normalized spacial score (nSPS) is 27.7. The SMILES string of the molecule is CCCCCCCCCCCCCCCC(=O)OC1C(OC2OC(CO)C(O)C(O)C2O)OC(CO)C(O)C1OC(=O)CCCCCCCCCCCCCCC. The zero-order valence-corrected chi connectivity index (χ0v) is 35.5. The molecule has 0 aliphatic carbocycles. The van der Waals surface area contributed by atoms with E-state index in [1.54, 1.807) is 0 Å². The maximum absolute atomic E-state index is 13.2. The number of aliphatic hydroxyl groups is 6. The molecule has 13 heteroatoms. The van der Waals surface area contributed by atoms with Gasteiger partial charge in [0, 0.05) is 12.8 Å². The Morgan fingerprint density at radius 2 is 0.754 bits per heavy atom. The monoisotopic (exact) mass is 819 g/mol. The standard InChI is InChI=1S/C44H82O13/c1-3-5-7-9-11-13-15-17-19-21-23-25-27-29-35(47)55-41-38(50)34(32-46)54-44(57-43-40(52)39(51)37(49)33(31-45)53-43)42(41)56-36(48)30-28-26-24-22-20-18-16-14-12-10-8-6-4-2/h33-34,37-46,49-52H,3-32H2,1-2H3. The molecule has 13 nitrogen and oxygen atoms in total. The molecule has 2 saturated heterocycles. The summed E-state index contributed by atoms with van der Waals surface area (Å²) in [5.41, 5.74) is 0. The molecule has 10 unspecified atom stereocenters. The number of aliphatic hydroxyl groups excluding tert-OH is 6. The molecule has 0 radical (unpaired) electrons. The number of esters is 2. The van der Waals surface area contributed by atoms with Crippen LogP contribution in [0.25, 0.3) is 0 Å². The molecule has 0 aromatic carbocycles. The molecule has 10 atom stereocenters. The van der Waals surface area contributed by atoms with E-state index in [-0.39, 0.29) is 12.8 Å². The van der Waals surface area contributed by atoms with Crippen molar-refractivity contribution in [2.24, 2.45) is 0 Å². The largest absolute Gasteiger partial charge is 0.455 e. The number of ether oxygens (including phenoxy) is 5. The van der Waals surface area contributed by atoms with Crippen LogP contribution in [0.2, 0.25) is 0 Å².